The van der Waals surface area contributed by atoms with Crippen LogP contribution in [0.3, 0.4) is 0 Å². The molecular weight excluding hydrogens is 344 g/mol. The van der Waals surface area contributed by atoms with Crippen molar-refractivity contribution in [1.82, 2.24) is 0 Å². The Morgan fingerprint density at radius 1 is 0.741 bits per heavy atom. The van der Waals surface area contributed by atoms with Crippen molar-refractivity contribution < 1.29 is 23.7 Å². The maximum atomic E-state index is 12.3. The molecule has 0 radical (unpaired) electrons. The fraction of sp³-hybridized carbons (Fsp3) is 0.136. The predicted molar refractivity (Wildman–Crippen MR) is 103 cm³/mol. The third-order valence-electron chi connectivity index (χ3n) is 3.92. The van der Waals surface area contributed by atoms with Crippen molar-refractivity contribution in [1.29, 1.82) is 0 Å². The number of hydrogen-bond donors (Lipinski definition) is 0. The highest BCUT2D eigenvalue weighted by Crippen LogP contribution is 2.37. The van der Waals surface area contributed by atoms with Crippen LogP contribution >= 0.6 is 0 Å². The first-order chi connectivity index (χ1) is 13.2. The maximum Gasteiger partial charge on any atom is 0.349 e. The van der Waals surface area contributed by atoms with E-state index in [1.165, 1.54) is 14.2 Å². The zero-order chi connectivity index (χ0) is 19.1. The normalized spacial score (nSPS) is 10.1. The van der Waals surface area contributed by atoms with Crippen LogP contribution in [0.15, 0.2) is 72.8 Å². The van der Waals surface area contributed by atoms with Crippen molar-refractivity contribution in [2.24, 2.45) is 0 Å². The van der Waals surface area contributed by atoms with Crippen LogP contribution in [0.1, 0.15) is 0 Å². The molecule has 0 aliphatic carbocycles. The van der Waals surface area contributed by atoms with Crippen LogP contribution in [0.25, 0.3) is 11.1 Å². The molecule has 0 unspecified atom stereocenters. The average Bonchev–Trinajstić information content (AvgIpc) is 2.73. The van der Waals surface area contributed by atoms with Crippen molar-refractivity contribution in [2.75, 3.05) is 20.8 Å². The fourth-order valence-corrected chi connectivity index (χ4v) is 2.65. The lowest BCUT2D eigenvalue weighted by atomic mass is 10.1. The summed E-state index contributed by atoms with van der Waals surface area (Å²) in [6.07, 6.45) is 0. The topological polar surface area (TPSA) is 54.0 Å². The fourth-order valence-electron chi connectivity index (χ4n) is 2.65. The van der Waals surface area contributed by atoms with Gasteiger partial charge in [-0.05, 0) is 23.8 Å². The van der Waals surface area contributed by atoms with Gasteiger partial charge in [0.15, 0.2) is 18.1 Å². The summed E-state index contributed by atoms with van der Waals surface area (Å²) in [5, 5.41) is 0. The van der Waals surface area contributed by atoms with Crippen LogP contribution in [0.2, 0.25) is 0 Å². The van der Waals surface area contributed by atoms with Gasteiger partial charge in [-0.15, -0.1) is 0 Å². The molecule has 0 aliphatic heterocycles. The summed E-state index contributed by atoms with van der Waals surface area (Å²) < 4.78 is 21.6. The summed E-state index contributed by atoms with van der Waals surface area (Å²) in [7, 11) is 3.00. The minimum atomic E-state index is -0.555. The standard InChI is InChI=1S/C22H20O5/c1-24-19-13-8-14-20(25-2)22(19)27-21(23)15-26-18-12-7-6-11-17(18)16-9-4-3-5-10-16/h3-14H,15H2,1-2H3. The SMILES string of the molecule is COc1cccc(OC)c1OC(=O)COc1ccccc1-c1ccccc1. The molecule has 138 valence electrons. The first kappa shape index (κ1) is 18.3. The average molecular weight is 364 g/mol. The van der Waals surface area contributed by atoms with Gasteiger partial charge in [0.2, 0.25) is 5.75 Å². The maximum absolute atomic E-state index is 12.3. The Balaban J connectivity index is 1.73. The van der Waals surface area contributed by atoms with E-state index in [0.717, 1.165) is 11.1 Å². The second-order valence-corrected chi connectivity index (χ2v) is 5.62. The van der Waals surface area contributed by atoms with Crippen molar-refractivity contribution in [2.45, 2.75) is 0 Å². The zero-order valence-electron chi connectivity index (χ0n) is 15.2. The Kier molecular flexibility index (Phi) is 5.94. The summed E-state index contributed by atoms with van der Waals surface area (Å²) >= 11 is 0. The molecule has 3 rings (SSSR count). The minimum Gasteiger partial charge on any atom is -0.493 e. The van der Waals surface area contributed by atoms with E-state index in [1.54, 1.807) is 18.2 Å². The molecule has 0 heterocycles. The van der Waals surface area contributed by atoms with Crippen LogP contribution in [-0.4, -0.2) is 26.8 Å². The Hall–Kier alpha value is -3.47. The number of ether oxygens (including phenoxy) is 4. The Bertz CT molecular complexity index is 883. The first-order valence-electron chi connectivity index (χ1n) is 8.42. The van der Waals surface area contributed by atoms with Gasteiger partial charge in [0.1, 0.15) is 5.75 Å². The molecule has 0 aliphatic rings. The van der Waals surface area contributed by atoms with E-state index in [-0.39, 0.29) is 12.4 Å². The summed E-state index contributed by atoms with van der Waals surface area (Å²) in [6, 6.07) is 22.5. The van der Waals surface area contributed by atoms with Crippen LogP contribution in [0.4, 0.5) is 0 Å². The largest absolute Gasteiger partial charge is 0.493 e. The van der Waals surface area contributed by atoms with Crippen molar-refractivity contribution in [3.63, 3.8) is 0 Å². The quantitative estimate of drug-likeness (QED) is 0.461. The van der Waals surface area contributed by atoms with Gasteiger partial charge in [0, 0.05) is 5.56 Å². The molecule has 0 atom stereocenters. The van der Waals surface area contributed by atoms with E-state index < -0.39 is 5.97 Å². The van der Waals surface area contributed by atoms with Gasteiger partial charge in [-0.2, -0.15) is 0 Å². The summed E-state index contributed by atoms with van der Waals surface area (Å²) in [4.78, 5) is 12.3. The third kappa shape index (κ3) is 4.39. The molecule has 3 aromatic carbocycles. The molecule has 0 N–H and O–H groups in total. The number of para-hydroxylation sites is 2. The Labute approximate surface area is 158 Å². The number of carbonyl (C=O) groups excluding carboxylic acids is 1. The number of carbonyl (C=O) groups is 1. The number of benzene rings is 3. The molecule has 0 fully saturated rings. The van der Waals surface area contributed by atoms with Gasteiger partial charge in [-0.25, -0.2) is 4.79 Å². The van der Waals surface area contributed by atoms with Crippen molar-refractivity contribution in [3.05, 3.63) is 72.8 Å². The number of methoxy groups -OCH3 is 2. The number of esters is 1. The molecule has 3 aromatic rings. The lowest BCUT2D eigenvalue weighted by Crippen LogP contribution is -2.18. The highest BCUT2D eigenvalue weighted by atomic mass is 16.6. The molecule has 0 amide bonds. The highest BCUT2D eigenvalue weighted by molar-refractivity contribution is 5.77. The minimum absolute atomic E-state index is 0.229. The van der Waals surface area contributed by atoms with Crippen LogP contribution in [0.5, 0.6) is 23.0 Å². The molecule has 27 heavy (non-hydrogen) atoms. The summed E-state index contributed by atoms with van der Waals surface area (Å²) in [6.45, 7) is -0.245. The summed E-state index contributed by atoms with van der Waals surface area (Å²) in [5.74, 6) is 1.10. The predicted octanol–water partition coefficient (Wildman–Crippen LogP) is 4.36. The van der Waals surface area contributed by atoms with E-state index >= 15 is 0 Å². The van der Waals surface area contributed by atoms with Crippen LogP contribution < -0.4 is 18.9 Å². The van der Waals surface area contributed by atoms with E-state index in [1.807, 2.05) is 54.6 Å². The van der Waals surface area contributed by atoms with E-state index in [0.29, 0.717) is 17.2 Å². The molecule has 5 nitrogen and oxygen atoms in total. The van der Waals surface area contributed by atoms with E-state index in [4.69, 9.17) is 18.9 Å². The molecule has 0 saturated heterocycles. The molecule has 0 bridgehead atoms. The highest BCUT2D eigenvalue weighted by Gasteiger charge is 2.16. The van der Waals surface area contributed by atoms with Gasteiger partial charge in [0.25, 0.3) is 0 Å². The third-order valence-corrected chi connectivity index (χ3v) is 3.92. The molecule has 0 saturated carbocycles. The van der Waals surface area contributed by atoms with Gasteiger partial charge in [-0.3, -0.25) is 0 Å². The number of hydrogen-bond acceptors (Lipinski definition) is 5. The smallest absolute Gasteiger partial charge is 0.349 e. The molecule has 0 aromatic heterocycles. The molecule has 0 spiro atoms. The number of rotatable bonds is 7. The first-order valence-corrected chi connectivity index (χ1v) is 8.42. The summed E-state index contributed by atoms with van der Waals surface area (Å²) in [5.41, 5.74) is 1.91. The van der Waals surface area contributed by atoms with E-state index in [2.05, 4.69) is 0 Å². The van der Waals surface area contributed by atoms with Crippen LogP contribution in [-0.2, 0) is 4.79 Å². The Morgan fingerprint density at radius 3 is 2.00 bits per heavy atom. The lowest BCUT2D eigenvalue weighted by Gasteiger charge is -2.14. The van der Waals surface area contributed by atoms with Gasteiger partial charge in [-0.1, -0.05) is 54.6 Å². The van der Waals surface area contributed by atoms with Crippen molar-refractivity contribution >= 4 is 5.97 Å². The van der Waals surface area contributed by atoms with Crippen molar-refractivity contribution in [3.8, 4) is 34.1 Å². The van der Waals surface area contributed by atoms with Gasteiger partial charge in [0.05, 0.1) is 14.2 Å². The van der Waals surface area contributed by atoms with Crippen LogP contribution in [0, 0.1) is 0 Å². The zero-order valence-corrected chi connectivity index (χ0v) is 15.2. The Morgan fingerprint density at radius 2 is 1.33 bits per heavy atom. The second kappa shape index (κ2) is 8.76. The van der Waals surface area contributed by atoms with E-state index in [9.17, 15) is 4.79 Å². The monoisotopic (exact) mass is 364 g/mol. The lowest BCUT2D eigenvalue weighted by molar-refractivity contribution is -0.136. The van der Waals surface area contributed by atoms with Gasteiger partial charge < -0.3 is 18.9 Å². The second-order valence-electron chi connectivity index (χ2n) is 5.62. The molecule has 5 heteroatoms. The van der Waals surface area contributed by atoms with Gasteiger partial charge >= 0.3 is 5.97 Å². The molecular formula is C22H20O5.